The molecule has 0 atom stereocenters. The lowest BCUT2D eigenvalue weighted by Gasteiger charge is -2.29. The van der Waals surface area contributed by atoms with Crippen LogP contribution in [0.2, 0.25) is 0 Å². The number of rotatable bonds is 4. The highest BCUT2D eigenvalue weighted by Crippen LogP contribution is 2.32. The number of nitro benzene ring substituents is 1. The van der Waals surface area contributed by atoms with Crippen LogP contribution in [0.5, 0.6) is 11.5 Å². The smallest absolute Gasteiger partial charge is 0.269 e. The first kappa shape index (κ1) is 17.7. The number of benzene rings is 3. The molecule has 1 aliphatic heterocycles. The van der Waals surface area contributed by atoms with Crippen molar-refractivity contribution in [3.8, 4) is 11.5 Å². The van der Waals surface area contributed by atoms with E-state index >= 15 is 0 Å². The van der Waals surface area contributed by atoms with Crippen molar-refractivity contribution in [2.75, 3.05) is 11.4 Å². The Kier molecular flexibility index (Phi) is 4.76. The van der Waals surface area contributed by atoms with Crippen LogP contribution in [0.3, 0.4) is 0 Å². The Morgan fingerprint density at radius 3 is 2.39 bits per heavy atom. The Bertz CT molecular complexity index is 1020. The summed E-state index contributed by atoms with van der Waals surface area (Å²) in [5.41, 5.74) is 2.17. The highest BCUT2D eigenvalue weighted by Gasteiger charge is 2.25. The number of carbonyl (C=O) groups is 1. The summed E-state index contributed by atoms with van der Waals surface area (Å²) in [5.74, 6) is 1.26. The van der Waals surface area contributed by atoms with Crippen molar-refractivity contribution in [1.82, 2.24) is 0 Å². The molecule has 140 valence electrons. The zero-order chi connectivity index (χ0) is 19.5. The topological polar surface area (TPSA) is 72.7 Å². The lowest BCUT2D eigenvalue weighted by atomic mass is 10.00. The van der Waals surface area contributed by atoms with Gasteiger partial charge in [0.15, 0.2) is 0 Å². The van der Waals surface area contributed by atoms with Gasteiger partial charge in [0.25, 0.3) is 11.6 Å². The fraction of sp³-hybridized carbons (Fsp3) is 0.136. The van der Waals surface area contributed by atoms with Crippen molar-refractivity contribution < 1.29 is 14.5 Å². The van der Waals surface area contributed by atoms with Crippen LogP contribution in [0.4, 0.5) is 11.4 Å². The third-order valence-corrected chi connectivity index (χ3v) is 4.72. The third kappa shape index (κ3) is 3.57. The number of ether oxygens (including phenoxy) is 1. The summed E-state index contributed by atoms with van der Waals surface area (Å²) >= 11 is 0. The maximum atomic E-state index is 13.0. The molecule has 0 spiro atoms. The van der Waals surface area contributed by atoms with E-state index in [0.29, 0.717) is 17.9 Å². The molecule has 0 fully saturated rings. The maximum Gasteiger partial charge on any atom is 0.269 e. The van der Waals surface area contributed by atoms with Gasteiger partial charge in [-0.3, -0.25) is 14.9 Å². The Morgan fingerprint density at radius 2 is 1.68 bits per heavy atom. The normalized spacial score (nSPS) is 12.9. The standard InChI is InChI=1S/C22H18N2O4/c25-22(16-8-11-20(12-9-16)28-19-6-2-1-3-7-19)23-14-4-5-17-15-18(24(26)27)10-13-21(17)23/h1-3,6-13,15H,4-5,14H2. The average molecular weight is 374 g/mol. The lowest BCUT2D eigenvalue weighted by Crippen LogP contribution is -2.35. The van der Waals surface area contributed by atoms with Gasteiger partial charge in [-0.05, 0) is 60.9 Å². The Balaban J connectivity index is 1.54. The molecule has 3 aromatic carbocycles. The van der Waals surface area contributed by atoms with Crippen molar-refractivity contribution in [2.24, 2.45) is 0 Å². The largest absolute Gasteiger partial charge is 0.457 e. The van der Waals surface area contributed by atoms with Gasteiger partial charge >= 0.3 is 0 Å². The van der Waals surface area contributed by atoms with Crippen LogP contribution in [0, 0.1) is 10.1 Å². The minimum atomic E-state index is -0.410. The van der Waals surface area contributed by atoms with Crippen molar-refractivity contribution in [1.29, 1.82) is 0 Å². The number of para-hydroxylation sites is 1. The fourth-order valence-corrected chi connectivity index (χ4v) is 3.35. The van der Waals surface area contributed by atoms with E-state index in [0.717, 1.165) is 29.8 Å². The monoisotopic (exact) mass is 374 g/mol. The molecule has 6 heteroatoms. The Labute approximate surface area is 162 Å². The number of amides is 1. The molecule has 0 radical (unpaired) electrons. The van der Waals surface area contributed by atoms with E-state index in [1.807, 2.05) is 30.3 Å². The second-order valence-corrected chi connectivity index (χ2v) is 6.57. The van der Waals surface area contributed by atoms with Crippen LogP contribution in [-0.4, -0.2) is 17.4 Å². The summed E-state index contributed by atoms with van der Waals surface area (Å²) in [6.07, 6.45) is 1.50. The third-order valence-electron chi connectivity index (χ3n) is 4.72. The molecular weight excluding hydrogens is 356 g/mol. The number of nitro groups is 1. The highest BCUT2D eigenvalue weighted by molar-refractivity contribution is 6.06. The number of aryl methyl sites for hydroxylation is 1. The lowest BCUT2D eigenvalue weighted by molar-refractivity contribution is -0.384. The Hall–Kier alpha value is -3.67. The van der Waals surface area contributed by atoms with E-state index < -0.39 is 4.92 Å². The molecule has 4 rings (SSSR count). The number of fused-ring (bicyclic) bond motifs is 1. The van der Waals surface area contributed by atoms with Gasteiger partial charge in [-0.15, -0.1) is 0 Å². The van der Waals surface area contributed by atoms with Crippen molar-refractivity contribution in [3.63, 3.8) is 0 Å². The predicted octanol–water partition coefficient (Wildman–Crippen LogP) is 4.98. The maximum absolute atomic E-state index is 13.0. The van der Waals surface area contributed by atoms with Crippen LogP contribution in [0.1, 0.15) is 22.3 Å². The van der Waals surface area contributed by atoms with Gasteiger partial charge in [0.05, 0.1) is 4.92 Å². The molecule has 0 bridgehead atoms. The van der Waals surface area contributed by atoms with E-state index in [1.165, 1.54) is 6.07 Å². The van der Waals surface area contributed by atoms with Crippen LogP contribution in [0.25, 0.3) is 0 Å². The minimum absolute atomic E-state index is 0.0514. The molecule has 1 heterocycles. The zero-order valence-corrected chi connectivity index (χ0v) is 15.1. The van der Waals surface area contributed by atoms with Gasteiger partial charge in [-0.25, -0.2) is 0 Å². The fourth-order valence-electron chi connectivity index (χ4n) is 3.35. The van der Waals surface area contributed by atoms with E-state index in [4.69, 9.17) is 4.74 Å². The molecule has 28 heavy (non-hydrogen) atoms. The number of anilines is 1. The van der Waals surface area contributed by atoms with Crippen LogP contribution in [0.15, 0.2) is 72.8 Å². The van der Waals surface area contributed by atoms with Gasteiger partial charge < -0.3 is 9.64 Å². The first-order valence-electron chi connectivity index (χ1n) is 9.04. The number of non-ortho nitro benzene ring substituents is 1. The summed E-state index contributed by atoms with van der Waals surface area (Å²) in [4.78, 5) is 25.3. The quantitative estimate of drug-likeness (QED) is 0.477. The van der Waals surface area contributed by atoms with E-state index in [2.05, 4.69) is 0 Å². The summed E-state index contributed by atoms with van der Waals surface area (Å²) in [7, 11) is 0. The van der Waals surface area contributed by atoms with Crippen LogP contribution in [-0.2, 0) is 6.42 Å². The molecule has 0 unspecified atom stereocenters. The van der Waals surface area contributed by atoms with Gasteiger partial charge in [-0.1, -0.05) is 18.2 Å². The molecule has 1 amide bonds. The van der Waals surface area contributed by atoms with E-state index in [-0.39, 0.29) is 11.6 Å². The predicted molar refractivity (Wildman–Crippen MR) is 106 cm³/mol. The van der Waals surface area contributed by atoms with Crippen molar-refractivity contribution in [3.05, 3.63) is 94.0 Å². The average Bonchev–Trinajstić information content (AvgIpc) is 2.73. The second kappa shape index (κ2) is 7.52. The number of hydrogen-bond donors (Lipinski definition) is 0. The molecular formula is C22H18N2O4. The number of hydrogen-bond acceptors (Lipinski definition) is 4. The Morgan fingerprint density at radius 1 is 0.964 bits per heavy atom. The molecule has 0 saturated heterocycles. The highest BCUT2D eigenvalue weighted by atomic mass is 16.6. The van der Waals surface area contributed by atoms with E-state index in [9.17, 15) is 14.9 Å². The van der Waals surface area contributed by atoms with Crippen molar-refractivity contribution in [2.45, 2.75) is 12.8 Å². The molecule has 6 nitrogen and oxygen atoms in total. The first-order chi connectivity index (χ1) is 13.6. The van der Waals surface area contributed by atoms with Gasteiger partial charge in [0.1, 0.15) is 11.5 Å². The second-order valence-electron chi connectivity index (χ2n) is 6.57. The van der Waals surface area contributed by atoms with Gasteiger partial charge in [0, 0.05) is 29.9 Å². The molecule has 0 saturated carbocycles. The summed E-state index contributed by atoms with van der Waals surface area (Å²) in [6.45, 7) is 0.589. The van der Waals surface area contributed by atoms with Crippen molar-refractivity contribution >= 4 is 17.3 Å². The summed E-state index contributed by atoms with van der Waals surface area (Å²) in [6, 6.07) is 21.1. The molecule has 0 N–H and O–H groups in total. The molecule has 0 aliphatic carbocycles. The number of nitrogens with zero attached hydrogens (tertiary/aromatic N) is 2. The van der Waals surface area contributed by atoms with Crippen LogP contribution < -0.4 is 9.64 Å². The summed E-state index contributed by atoms with van der Waals surface area (Å²) in [5, 5.41) is 11.0. The molecule has 0 aromatic heterocycles. The van der Waals surface area contributed by atoms with Crippen LogP contribution >= 0.6 is 0 Å². The molecule has 1 aliphatic rings. The molecule has 3 aromatic rings. The van der Waals surface area contributed by atoms with Gasteiger partial charge in [-0.2, -0.15) is 0 Å². The number of carbonyl (C=O) groups excluding carboxylic acids is 1. The SMILES string of the molecule is O=C(c1ccc(Oc2ccccc2)cc1)N1CCCc2cc([N+](=O)[O-])ccc21. The minimum Gasteiger partial charge on any atom is -0.457 e. The van der Waals surface area contributed by atoms with Gasteiger partial charge in [0.2, 0.25) is 0 Å². The summed E-state index contributed by atoms with van der Waals surface area (Å²) < 4.78 is 5.76. The first-order valence-corrected chi connectivity index (χ1v) is 9.04. The zero-order valence-electron chi connectivity index (χ0n) is 15.1. The van der Waals surface area contributed by atoms with E-state index in [1.54, 1.807) is 41.3 Å².